The second-order valence-electron chi connectivity index (χ2n) is 8.32. The van der Waals surface area contributed by atoms with Gasteiger partial charge in [0.05, 0.1) is 25.0 Å². The van der Waals surface area contributed by atoms with Crippen molar-refractivity contribution in [2.75, 3.05) is 56.3 Å². The number of anilines is 1. The van der Waals surface area contributed by atoms with Crippen LogP contribution in [0.3, 0.4) is 0 Å². The summed E-state index contributed by atoms with van der Waals surface area (Å²) in [6.45, 7) is 4.74. The van der Waals surface area contributed by atoms with Gasteiger partial charge in [0, 0.05) is 38.4 Å². The van der Waals surface area contributed by atoms with Gasteiger partial charge in [0.25, 0.3) is 0 Å². The van der Waals surface area contributed by atoms with Crippen LogP contribution in [0.2, 0.25) is 0 Å². The highest BCUT2D eigenvalue weighted by atomic mass is 32.2. The van der Waals surface area contributed by atoms with E-state index in [1.165, 1.54) is 0 Å². The van der Waals surface area contributed by atoms with Crippen LogP contribution >= 0.6 is 11.8 Å². The molecule has 1 aromatic rings. The Morgan fingerprint density at radius 2 is 1.93 bits per heavy atom. The molecule has 0 radical (unpaired) electrons. The molecule has 7 heteroatoms. The van der Waals surface area contributed by atoms with Crippen molar-refractivity contribution < 1.29 is 19.4 Å². The molecule has 3 fully saturated rings. The number of hydrogen-bond donors (Lipinski definition) is 1. The second-order valence-corrected chi connectivity index (χ2v) is 9.31. The van der Waals surface area contributed by atoms with E-state index in [4.69, 9.17) is 9.47 Å². The maximum Gasteiger partial charge on any atom is 0.223 e. The molecule has 160 valence electrons. The van der Waals surface area contributed by atoms with Gasteiger partial charge < -0.3 is 24.4 Å². The number of para-hydroxylation sites is 2. The molecule has 0 spiro atoms. The first-order chi connectivity index (χ1) is 14.2. The number of rotatable bonds is 6. The fourth-order valence-corrected chi connectivity index (χ4v) is 5.23. The third-order valence-electron chi connectivity index (χ3n) is 6.45. The molecule has 0 aromatic heterocycles. The van der Waals surface area contributed by atoms with Crippen LogP contribution in [0, 0.1) is 11.8 Å². The number of amides is 1. The van der Waals surface area contributed by atoms with Crippen molar-refractivity contribution >= 4 is 23.4 Å². The van der Waals surface area contributed by atoms with E-state index in [0.29, 0.717) is 24.7 Å². The summed E-state index contributed by atoms with van der Waals surface area (Å²) in [7, 11) is 0. The van der Waals surface area contributed by atoms with Gasteiger partial charge in [-0.3, -0.25) is 4.79 Å². The zero-order valence-electron chi connectivity index (χ0n) is 17.2. The van der Waals surface area contributed by atoms with E-state index in [1.807, 2.05) is 29.4 Å². The Hall–Kier alpha value is -1.44. The second kappa shape index (κ2) is 9.58. The molecule has 1 amide bonds. The van der Waals surface area contributed by atoms with Crippen molar-refractivity contribution in [1.29, 1.82) is 0 Å². The maximum absolute atomic E-state index is 12.4. The predicted octanol–water partition coefficient (Wildman–Crippen LogP) is 2.25. The largest absolute Gasteiger partial charge is 0.486 e. The summed E-state index contributed by atoms with van der Waals surface area (Å²) in [5.41, 5.74) is 1.07. The number of fused-ring (bicyclic) bond motifs is 1. The summed E-state index contributed by atoms with van der Waals surface area (Å²) in [5.74, 6) is 2.76. The van der Waals surface area contributed by atoms with Gasteiger partial charge in [-0.05, 0) is 43.1 Å². The first-order valence-corrected chi connectivity index (χ1v) is 12.1. The van der Waals surface area contributed by atoms with Gasteiger partial charge in [0.1, 0.15) is 11.9 Å². The summed E-state index contributed by atoms with van der Waals surface area (Å²) < 4.78 is 11.9. The Balaban J connectivity index is 1.40. The van der Waals surface area contributed by atoms with E-state index >= 15 is 0 Å². The molecule has 6 nitrogen and oxygen atoms in total. The van der Waals surface area contributed by atoms with E-state index in [2.05, 4.69) is 11.0 Å². The highest BCUT2D eigenvalue weighted by Crippen LogP contribution is 2.39. The van der Waals surface area contributed by atoms with Crippen molar-refractivity contribution in [2.24, 2.45) is 11.8 Å². The summed E-state index contributed by atoms with van der Waals surface area (Å²) in [6.07, 6.45) is 3.44. The van der Waals surface area contributed by atoms with Gasteiger partial charge in [0.15, 0.2) is 0 Å². The van der Waals surface area contributed by atoms with Crippen LogP contribution in [0.1, 0.15) is 19.3 Å². The standard InChI is InChI=1S/C22H32N2O4S/c1-29-11-6-22(26)24-14-16-12-19(25)21(13-17(16)15-24)28-20-5-3-2-4-18(20)23-7-9-27-10-8-23/h2-5,16-17,19,21,25H,6-15H2,1H3/t16-,17+,19+,21+/m0/s1. The molecule has 1 aliphatic carbocycles. The van der Waals surface area contributed by atoms with E-state index in [9.17, 15) is 9.90 Å². The summed E-state index contributed by atoms with van der Waals surface area (Å²) in [6, 6.07) is 8.09. The summed E-state index contributed by atoms with van der Waals surface area (Å²) in [5, 5.41) is 10.8. The number of carbonyl (C=O) groups is 1. The number of benzene rings is 1. The molecule has 0 unspecified atom stereocenters. The van der Waals surface area contributed by atoms with Gasteiger partial charge in [-0.25, -0.2) is 0 Å². The number of nitrogens with zero attached hydrogens (tertiary/aromatic N) is 2. The molecule has 4 atom stereocenters. The number of thioether (sulfide) groups is 1. The minimum Gasteiger partial charge on any atom is -0.486 e. The van der Waals surface area contributed by atoms with Crippen LogP contribution in [-0.4, -0.2) is 79.5 Å². The lowest BCUT2D eigenvalue weighted by atomic mass is 9.78. The van der Waals surface area contributed by atoms with Crippen molar-refractivity contribution in [1.82, 2.24) is 4.90 Å². The highest BCUT2D eigenvalue weighted by Gasteiger charge is 2.43. The van der Waals surface area contributed by atoms with Crippen LogP contribution in [-0.2, 0) is 9.53 Å². The number of aliphatic hydroxyl groups is 1. The number of ether oxygens (including phenoxy) is 2. The third-order valence-corrected chi connectivity index (χ3v) is 7.07. The maximum atomic E-state index is 12.4. The first-order valence-electron chi connectivity index (χ1n) is 10.7. The fourth-order valence-electron chi connectivity index (χ4n) is 4.85. The zero-order chi connectivity index (χ0) is 20.2. The van der Waals surface area contributed by atoms with E-state index in [-0.39, 0.29) is 12.0 Å². The Morgan fingerprint density at radius 1 is 1.21 bits per heavy atom. The highest BCUT2D eigenvalue weighted by molar-refractivity contribution is 7.98. The molecular formula is C22H32N2O4S. The van der Waals surface area contributed by atoms with Crippen LogP contribution < -0.4 is 9.64 Å². The van der Waals surface area contributed by atoms with E-state index in [1.54, 1.807) is 11.8 Å². The van der Waals surface area contributed by atoms with E-state index in [0.717, 1.165) is 63.0 Å². The topological polar surface area (TPSA) is 62.2 Å². The van der Waals surface area contributed by atoms with Crippen LogP contribution in [0.15, 0.2) is 24.3 Å². The molecule has 2 saturated heterocycles. The fraction of sp³-hybridized carbons (Fsp3) is 0.682. The number of likely N-dealkylation sites (tertiary alicyclic amines) is 1. The monoisotopic (exact) mass is 420 g/mol. The molecular weight excluding hydrogens is 388 g/mol. The lowest BCUT2D eigenvalue weighted by Crippen LogP contribution is -2.42. The van der Waals surface area contributed by atoms with Gasteiger partial charge in [-0.15, -0.1) is 0 Å². The van der Waals surface area contributed by atoms with Crippen molar-refractivity contribution in [3.63, 3.8) is 0 Å². The van der Waals surface area contributed by atoms with Crippen molar-refractivity contribution in [2.45, 2.75) is 31.5 Å². The van der Waals surface area contributed by atoms with Gasteiger partial charge >= 0.3 is 0 Å². The lowest BCUT2D eigenvalue weighted by Gasteiger charge is -2.36. The number of morpholine rings is 1. The SMILES string of the molecule is CSCCC(=O)N1C[C@H]2C[C@@H](Oc3ccccc3N3CCOCC3)[C@H](O)C[C@H]2C1. The van der Waals surface area contributed by atoms with Crippen LogP contribution in [0.25, 0.3) is 0 Å². The minimum atomic E-state index is -0.491. The number of hydrogen-bond acceptors (Lipinski definition) is 6. The molecule has 3 aliphatic rings. The number of carbonyl (C=O) groups excluding carboxylic acids is 1. The first kappa shape index (κ1) is 20.8. The molecule has 0 bridgehead atoms. The number of aliphatic hydroxyl groups excluding tert-OH is 1. The van der Waals surface area contributed by atoms with Crippen LogP contribution in [0.4, 0.5) is 5.69 Å². The van der Waals surface area contributed by atoms with E-state index < -0.39 is 6.10 Å². The zero-order valence-corrected chi connectivity index (χ0v) is 18.0. The normalized spacial score (nSPS) is 29.6. The van der Waals surface area contributed by atoms with Crippen LogP contribution in [0.5, 0.6) is 5.75 Å². The minimum absolute atomic E-state index is 0.223. The average molecular weight is 421 g/mol. The molecule has 4 rings (SSSR count). The Bertz CT molecular complexity index is 697. The molecule has 29 heavy (non-hydrogen) atoms. The van der Waals surface area contributed by atoms with Crippen molar-refractivity contribution in [3.8, 4) is 5.75 Å². The predicted molar refractivity (Wildman–Crippen MR) is 116 cm³/mol. The quantitative estimate of drug-likeness (QED) is 0.762. The smallest absolute Gasteiger partial charge is 0.223 e. The Kier molecular flexibility index (Phi) is 6.88. The molecule has 1 saturated carbocycles. The third kappa shape index (κ3) is 4.84. The molecule has 2 heterocycles. The van der Waals surface area contributed by atoms with Gasteiger partial charge in [-0.2, -0.15) is 11.8 Å². The Labute approximate surface area is 177 Å². The van der Waals surface area contributed by atoms with Gasteiger partial charge in [-0.1, -0.05) is 12.1 Å². The summed E-state index contributed by atoms with van der Waals surface area (Å²) in [4.78, 5) is 16.7. The van der Waals surface area contributed by atoms with Gasteiger partial charge in [0.2, 0.25) is 5.91 Å². The van der Waals surface area contributed by atoms with Crippen molar-refractivity contribution in [3.05, 3.63) is 24.3 Å². The Morgan fingerprint density at radius 3 is 2.69 bits per heavy atom. The average Bonchev–Trinajstić information content (AvgIpc) is 3.16. The molecule has 1 aromatic carbocycles. The summed E-state index contributed by atoms with van der Waals surface area (Å²) >= 11 is 1.71. The lowest BCUT2D eigenvalue weighted by molar-refractivity contribution is -0.129. The molecule has 1 N–H and O–H groups in total. The molecule has 2 aliphatic heterocycles.